The van der Waals surface area contributed by atoms with Crippen molar-refractivity contribution < 1.29 is 13.2 Å². The molecule has 4 aromatic rings. The van der Waals surface area contributed by atoms with Gasteiger partial charge in [0.1, 0.15) is 6.33 Å². The van der Waals surface area contributed by atoms with Crippen LogP contribution in [0, 0.1) is 11.3 Å². The van der Waals surface area contributed by atoms with Gasteiger partial charge in [0.15, 0.2) is 22.8 Å². The van der Waals surface area contributed by atoms with Crippen LogP contribution in [0.25, 0.3) is 28.2 Å². The fraction of sp³-hybridized carbons (Fsp3) is 0.0526. The smallest absolute Gasteiger partial charge is 0.306 e. The molecule has 0 spiro atoms. The summed E-state index contributed by atoms with van der Waals surface area (Å²) < 4.78 is 40.1. The fourth-order valence-electron chi connectivity index (χ4n) is 2.82. The molecule has 2 heterocycles. The number of anilines is 1. The summed E-state index contributed by atoms with van der Waals surface area (Å²) >= 11 is 0. The van der Waals surface area contributed by atoms with Gasteiger partial charge < -0.3 is 5.43 Å². The Balaban J connectivity index is 1.85. The average Bonchev–Trinajstić information content (AvgIpc) is 3.16. The third-order valence-corrected chi connectivity index (χ3v) is 4.28. The maximum absolute atomic E-state index is 12.8. The van der Waals surface area contributed by atoms with E-state index in [4.69, 9.17) is 11.1 Å². The molecule has 0 amide bonds. The Labute approximate surface area is 162 Å². The van der Waals surface area contributed by atoms with Crippen LogP contribution in [0.3, 0.4) is 0 Å². The van der Waals surface area contributed by atoms with Crippen molar-refractivity contribution in [2.45, 2.75) is 6.18 Å². The number of nitrogens with two attached hydrogens (primary N) is 1. The molecule has 2 aromatic heterocycles. The lowest BCUT2D eigenvalue weighted by Gasteiger charge is -2.09. The zero-order chi connectivity index (χ0) is 20.6. The van der Waals surface area contributed by atoms with E-state index in [-0.39, 0.29) is 11.6 Å². The number of aromatic nitrogens is 4. The van der Waals surface area contributed by atoms with E-state index in [1.165, 1.54) is 18.5 Å². The average molecular weight is 395 g/mol. The number of fused-ring (bicyclic) bond motifs is 1. The first kappa shape index (κ1) is 18.4. The van der Waals surface area contributed by atoms with Crippen molar-refractivity contribution in [2.75, 3.05) is 5.43 Å². The van der Waals surface area contributed by atoms with Crippen molar-refractivity contribution in [3.8, 4) is 23.1 Å². The van der Waals surface area contributed by atoms with Gasteiger partial charge >= 0.3 is 6.18 Å². The summed E-state index contributed by atoms with van der Waals surface area (Å²) in [7, 11) is 0. The van der Waals surface area contributed by atoms with E-state index in [9.17, 15) is 13.2 Å². The Kier molecular flexibility index (Phi) is 4.37. The minimum Gasteiger partial charge on any atom is -0.306 e. The quantitative estimate of drug-likeness (QED) is 0.405. The Morgan fingerprint density at radius 2 is 1.69 bits per heavy atom. The normalized spacial score (nSPS) is 11.4. The Hall–Kier alpha value is -3.97. The summed E-state index contributed by atoms with van der Waals surface area (Å²) in [6, 6.07) is 13.3. The van der Waals surface area contributed by atoms with Gasteiger partial charge in [-0.1, -0.05) is 12.1 Å². The van der Waals surface area contributed by atoms with Crippen LogP contribution < -0.4 is 11.3 Å². The molecule has 144 valence electrons. The number of nitrogens with one attached hydrogen (secondary N) is 1. The molecule has 4 rings (SSSR count). The van der Waals surface area contributed by atoms with Crippen LogP contribution in [0.2, 0.25) is 0 Å². The van der Waals surface area contributed by atoms with Crippen LogP contribution in [0.1, 0.15) is 11.1 Å². The van der Waals surface area contributed by atoms with Crippen LogP contribution in [-0.2, 0) is 6.18 Å². The fourth-order valence-corrected chi connectivity index (χ4v) is 2.82. The minimum atomic E-state index is -4.43. The zero-order valence-electron chi connectivity index (χ0n) is 14.6. The van der Waals surface area contributed by atoms with Gasteiger partial charge in [0.05, 0.1) is 17.2 Å². The molecule has 0 aliphatic heterocycles. The van der Waals surface area contributed by atoms with Crippen molar-refractivity contribution in [2.24, 2.45) is 5.84 Å². The standard InChI is InChI=1S/C19H12F3N7/c20-19(21,22)13-5-3-12(4-6-13)16-26-17(28-24)15-18(27-16)29(10-25-15)14-7-1-11(9-23)2-8-14/h1-8,10H,24H2,(H,26,27,28). The second-order valence-electron chi connectivity index (χ2n) is 6.06. The van der Waals surface area contributed by atoms with Gasteiger partial charge in [-0.3, -0.25) is 4.57 Å². The summed E-state index contributed by atoms with van der Waals surface area (Å²) in [5, 5.41) is 8.95. The molecule has 29 heavy (non-hydrogen) atoms. The SMILES string of the molecule is N#Cc1ccc(-n2cnc3c(NN)nc(-c4ccc(C(F)(F)F)cc4)nc32)cc1. The minimum absolute atomic E-state index is 0.189. The highest BCUT2D eigenvalue weighted by molar-refractivity contribution is 5.86. The lowest BCUT2D eigenvalue weighted by Crippen LogP contribution is -2.11. The zero-order valence-corrected chi connectivity index (χ0v) is 14.6. The number of benzene rings is 2. The summed E-state index contributed by atoms with van der Waals surface area (Å²) in [5.74, 6) is 5.98. The highest BCUT2D eigenvalue weighted by atomic mass is 19.4. The molecule has 10 heteroatoms. The summed E-state index contributed by atoms with van der Waals surface area (Å²) in [6.45, 7) is 0. The molecule has 3 N–H and O–H groups in total. The van der Waals surface area contributed by atoms with Crippen LogP contribution in [0.15, 0.2) is 54.9 Å². The molecule has 0 saturated carbocycles. The van der Waals surface area contributed by atoms with Crippen LogP contribution in [0.5, 0.6) is 0 Å². The first-order valence-corrected chi connectivity index (χ1v) is 8.30. The van der Waals surface area contributed by atoms with Crippen molar-refractivity contribution in [3.63, 3.8) is 0 Å². The molecule has 0 aliphatic rings. The van der Waals surface area contributed by atoms with Gasteiger partial charge in [0.2, 0.25) is 0 Å². The molecular weight excluding hydrogens is 383 g/mol. The molecule has 0 fully saturated rings. The van der Waals surface area contributed by atoms with E-state index in [1.54, 1.807) is 28.8 Å². The highest BCUT2D eigenvalue weighted by Gasteiger charge is 2.30. The Morgan fingerprint density at radius 3 is 2.28 bits per heavy atom. The van der Waals surface area contributed by atoms with E-state index in [1.807, 2.05) is 6.07 Å². The third-order valence-electron chi connectivity index (χ3n) is 4.28. The van der Waals surface area contributed by atoms with Gasteiger partial charge in [-0.25, -0.2) is 20.8 Å². The summed E-state index contributed by atoms with van der Waals surface area (Å²) in [6.07, 6.45) is -2.90. The van der Waals surface area contributed by atoms with Crippen molar-refractivity contribution in [1.82, 2.24) is 19.5 Å². The largest absolute Gasteiger partial charge is 0.416 e. The maximum Gasteiger partial charge on any atom is 0.416 e. The molecular formula is C19H12F3N7. The molecule has 7 nitrogen and oxygen atoms in total. The number of hydrogen-bond donors (Lipinski definition) is 2. The second kappa shape index (κ2) is 6.88. The number of nitrogens with zero attached hydrogens (tertiary/aromatic N) is 5. The van der Waals surface area contributed by atoms with Crippen molar-refractivity contribution in [1.29, 1.82) is 5.26 Å². The highest BCUT2D eigenvalue weighted by Crippen LogP contribution is 2.31. The van der Waals surface area contributed by atoms with E-state index < -0.39 is 11.7 Å². The number of halogens is 3. The van der Waals surface area contributed by atoms with Gasteiger partial charge in [0.25, 0.3) is 0 Å². The summed E-state index contributed by atoms with van der Waals surface area (Å²) in [5.41, 5.74) is 4.09. The van der Waals surface area contributed by atoms with Crippen LogP contribution in [-0.4, -0.2) is 19.5 Å². The number of rotatable bonds is 3. The van der Waals surface area contributed by atoms with E-state index in [0.717, 1.165) is 12.1 Å². The number of hydrogen-bond acceptors (Lipinski definition) is 6. The lowest BCUT2D eigenvalue weighted by atomic mass is 10.1. The Bertz CT molecular complexity index is 1220. The maximum atomic E-state index is 12.8. The molecule has 0 bridgehead atoms. The number of alkyl halides is 3. The van der Waals surface area contributed by atoms with Gasteiger partial charge in [-0.2, -0.15) is 18.4 Å². The number of nitriles is 1. The molecule has 0 radical (unpaired) electrons. The lowest BCUT2D eigenvalue weighted by molar-refractivity contribution is -0.137. The van der Waals surface area contributed by atoms with E-state index in [0.29, 0.717) is 28.0 Å². The second-order valence-corrected chi connectivity index (χ2v) is 6.06. The van der Waals surface area contributed by atoms with Crippen molar-refractivity contribution >= 4 is 17.0 Å². The Morgan fingerprint density at radius 1 is 1.00 bits per heavy atom. The van der Waals surface area contributed by atoms with E-state index >= 15 is 0 Å². The molecule has 0 aliphatic carbocycles. The van der Waals surface area contributed by atoms with E-state index in [2.05, 4.69) is 20.4 Å². The predicted octanol–water partition coefficient (Wildman–Crippen LogP) is 3.66. The summed E-state index contributed by atoms with van der Waals surface area (Å²) in [4.78, 5) is 13.0. The molecule has 0 atom stereocenters. The third kappa shape index (κ3) is 3.35. The first-order chi connectivity index (χ1) is 13.9. The first-order valence-electron chi connectivity index (χ1n) is 8.30. The van der Waals surface area contributed by atoms with Crippen LogP contribution >= 0.6 is 0 Å². The van der Waals surface area contributed by atoms with Gasteiger partial charge in [-0.15, -0.1) is 0 Å². The molecule has 0 unspecified atom stereocenters. The number of hydrazine groups is 1. The predicted molar refractivity (Wildman–Crippen MR) is 99.6 cm³/mol. The molecule has 2 aromatic carbocycles. The van der Waals surface area contributed by atoms with Gasteiger partial charge in [0, 0.05) is 11.3 Å². The number of nitrogen functional groups attached to an aromatic ring is 1. The molecule has 0 saturated heterocycles. The van der Waals surface area contributed by atoms with Gasteiger partial charge in [-0.05, 0) is 36.4 Å². The van der Waals surface area contributed by atoms with Crippen LogP contribution in [0.4, 0.5) is 19.0 Å². The van der Waals surface area contributed by atoms with Crippen molar-refractivity contribution in [3.05, 3.63) is 66.0 Å². The topological polar surface area (TPSA) is 105 Å². The monoisotopic (exact) mass is 395 g/mol. The number of imidazole rings is 1.